The number of aryl methyl sites for hydroxylation is 1. The van der Waals surface area contributed by atoms with Crippen LogP contribution in [0, 0.1) is 12.8 Å². The van der Waals surface area contributed by atoms with Gasteiger partial charge in [0.15, 0.2) is 5.65 Å². The second-order valence-corrected chi connectivity index (χ2v) is 3.99. The second kappa shape index (κ2) is 3.92. The van der Waals surface area contributed by atoms with E-state index < -0.39 is 11.9 Å². The van der Waals surface area contributed by atoms with Gasteiger partial charge in [0, 0.05) is 18.5 Å². The number of hydrogen-bond donors (Lipinski definition) is 1. The summed E-state index contributed by atoms with van der Waals surface area (Å²) in [5.74, 6) is -1.20. The number of aromatic nitrogens is 3. The molecule has 5 heteroatoms. The Labute approximate surface area is 92.7 Å². The molecule has 0 aromatic carbocycles. The normalized spacial score (nSPS) is 12.9. The molecule has 2 aromatic heterocycles. The topological polar surface area (TPSA) is 67.5 Å². The van der Waals surface area contributed by atoms with Crippen molar-refractivity contribution in [2.24, 2.45) is 5.92 Å². The van der Waals surface area contributed by atoms with Crippen LogP contribution in [-0.4, -0.2) is 25.7 Å². The van der Waals surface area contributed by atoms with Crippen LogP contribution >= 0.6 is 0 Å². The summed E-state index contributed by atoms with van der Waals surface area (Å²) in [6.07, 6.45) is 4.00. The fourth-order valence-corrected chi connectivity index (χ4v) is 1.58. The van der Waals surface area contributed by atoms with Crippen LogP contribution < -0.4 is 0 Å². The Hall–Kier alpha value is -1.91. The van der Waals surface area contributed by atoms with Gasteiger partial charge in [-0.3, -0.25) is 4.79 Å². The number of carboxylic acids is 1. The molecular weight excluding hydrogens is 206 g/mol. The van der Waals surface area contributed by atoms with Crippen molar-refractivity contribution in [2.75, 3.05) is 0 Å². The predicted octanol–water partition coefficient (Wildman–Crippen LogP) is 1.30. The largest absolute Gasteiger partial charge is 0.481 e. The molecule has 1 unspecified atom stereocenters. The Morgan fingerprint density at radius 2 is 2.38 bits per heavy atom. The Kier molecular flexibility index (Phi) is 2.60. The zero-order valence-electron chi connectivity index (χ0n) is 9.21. The van der Waals surface area contributed by atoms with E-state index in [0.29, 0.717) is 6.42 Å². The van der Waals surface area contributed by atoms with Gasteiger partial charge in [0.1, 0.15) is 0 Å². The zero-order valence-corrected chi connectivity index (χ0v) is 9.21. The first kappa shape index (κ1) is 10.6. The molecule has 84 valence electrons. The number of carboxylic acid groups (broad SMARTS) is 1. The molecular formula is C11H13N3O2. The van der Waals surface area contributed by atoms with Gasteiger partial charge in [-0.1, -0.05) is 6.92 Å². The molecule has 0 saturated carbocycles. The monoisotopic (exact) mass is 219 g/mol. The fraction of sp³-hybridized carbons (Fsp3) is 0.364. The van der Waals surface area contributed by atoms with Crippen molar-refractivity contribution in [3.63, 3.8) is 0 Å². The van der Waals surface area contributed by atoms with E-state index in [9.17, 15) is 4.79 Å². The van der Waals surface area contributed by atoms with Crippen molar-refractivity contribution in [1.29, 1.82) is 0 Å². The Bertz CT molecular complexity index is 533. The first-order valence-corrected chi connectivity index (χ1v) is 5.10. The molecule has 0 amide bonds. The number of hydrogen-bond acceptors (Lipinski definition) is 3. The van der Waals surface area contributed by atoms with E-state index >= 15 is 0 Å². The van der Waals surface area contributed by atoms with E-state index in [0.717, 1.165) is 16.9 Å². The smallest absolute Gasteiger partial charge is 0.306 e. The van der Waals surface area contributed by atoms with Gasteiger partial charge in [-0.25, -0.2) is 9.50 Å². The van der Waals surface area contributed by atoms with Crippen LogP contribution in [0.15, 0.2) is 18.5 Å². The number of fused-ring (bicyclic) bond motifs is 1. The third kappa shape index (κ3) is 2.03. The SMILES string of the molecule is Cc1cc2ncc(CC(C)C(=O)O)cn2n1. The van der Waals surface area contributed by atoms with Gasteiger partial charge in [0.2, 0.25) is 0 Å². The molecule has 0 aliphatic rings. The maximum Gasteiger partial charge on any atom is 0.306 e. The van der Waals surface area contributed by atoms with Crippen LogP contribution in [0.1, 0.15) is 18.2 Å². The zero-order chi connectivity index (χ0) is 11.7. The minimum Gasteiger partial charge on any atom is -0.481 e. The van der Waals surface area contributed by atoms with Gasteiger partial charge < -0.3 is 5.11 Å². The minimum atomic E-state index is -0.795. The summed E-state index contributed by atoms with van der Waals surface area (Å²) in [4.78, 5) is 15.0. The summed E-state index contributed by atoms with van der Waals surface area (Å²) in [5.41, 5.74) is 2.56. The summed E-state index contributed by atoms with van der Waals surface area (Å²) in [7, 11) is 0. The number of aliphatic carboxylic acids is 1. The Balaban J connectivity index is 2.28. The molecule has 2 rings (SSSR count). The molecule has 0 radical (unpaired) electrons. The van der Waals surface area contributed by atoms with Crippen LogP contribution in [0.2, 0.25) is 0 Å². The highest BCUT2D eigenvalue weighted by molar-refractivity contribution is 5.69. The van der Waals surface area contributed by atoms with E-state index in [2.05, 4.69) is 10.1 Å². The summed E-state index contributed by atoms with van der Waals surface area (Å²) < 4.78 is 1.68. The maximum absolute atomic E-state index is 10.7. The third-order valence-electron chi connectivity index (χ3n) is 2.45. The van der Waals surface area contributed by atoms with E-state index in [1.807, 2.05) is 19.2 Å². The maximum atomic E-state index is 10.7. The average Bonchev–Trinajstić information content (AvgIpc) is 2.57. The lowest BCUT2D eigenvalue weighted by Gasteiger charge is -2.05. The molecule has 0 bridgehead atoms. The van der Waals surface area contributed by atoms with E-state index in [1.165, 1.54) is 0 Å². The molecule has 0 aliphatic heterocycles. The second-order valence-electron chi connectivity index (χ2n) is 3.99. The Morgan fingerprint density at radius 3 is 3.06 bits per heavy atom. The first-order valence-electron chi connectivity index (χ1n) is 5.10. The highest BCUT2D eigenvalue weighted by Gasteiger charge is 2.12. The number of carbonyl (C=O) groups is 1. The highest BCUT2D eigenvalue weighted by Crippen LogP contribution is 2.09. The van der Waals surface area contributed by atoms with Crippen molar-refractivity contribution in [3.8, 4) is 0 Å². The highest BCUT2D eigenvalue weighted by atomic mass is 16.4. The fourth-order valence-electron chi connectivity index (χ4n) is 1.58. The molecule has 0 spiro atoms. The molecule has 2 aromatic rings. The van der Waals surface area contributed by atoms with E-state index in [4.69, 9.17) is 5.11 Å². The van der Waals surface area contributed by atoms with Crippen LogP contribution in [0.25, 0.3) is 5.65 Å². The summed E-state index contributed by atoms with van der Waals surface area (Å²) in [5, 5.41) is 13.1. The quantitative estimate of drug-likeness (QED) is 0.844. The van der Waals surface area contributed by atoms with Crippen LogP contribution in [0.3, 0.4) is 0 Å². The van der Waals surface area contributed by atoms with Crippen molar-refractivity contribution in [2.45, 2.75) is 20.3 Å². The average molecular weight is 219 g/mol. The first-order chi connectivity index (χ1) is 7.56. The van der Waals surface area contributed by atoms with E-state index in [-0.39, 0.29) is 0 Å². The van der Waals surface area contributed by atoms with Crippen LogP contribution in [-0.2, 0) is 11.2 Å². The van der Waals surface area contributed by atoms with Crippen LogP contribution in [0.4, 0.5) is 0 Å². The van der Waals surface area contributed by atoms with Crippen molar-refractivity contribution < 1.29 is 9.90 Å². The number of nitrogens with zero attached hydrogens (tertiary/aromatic N) is 3. The summed E-state index contributed by atoms with van der Waals surface area (Å²) in [6, 6.07) is 1.88. The summed E-state index contributed by atoms with van der Waals surface area (Å²) >= 11 is 0. The number of rotatable bonds is 3. The van der Waals surface area contributed by atoms with Gasteiger partial charge in [0.05, 0.1) is 11.6 Å². The van der Waals surface area contributed by atoms with Crippen molar-refractivity contribution in [1.82, 2.24) is 14.6 Å². The molecule has 0 aliphatic carbocycles. The molecule has 0 fully saturated rings. The summed E-state index contributed by atoms with van der Waals surface area (Å²) in [6.45, 7) is 3.58. The lowest BCUT2D eigenvalue weighted by atomic mass is 10.0. The Morgan fingerprint density at radius 1 is 1.62 bits per heavy atom. The molecule has 1 atom stereocenters. The molecule has 0 saturated heterocycles. The van der Waals surface area contributed by atoms with Gasteiger partial charge in [-0.05, 0) is 18.9 Å². The van der Waals surface area contributed by atoms with Gasteiger partial charge >= 0.3 is 5.97 Å². The molecule has 1 N–H and O–H groups in total. The lowest BCUT2D eigenvalue weighted by Crippen LogP contribution is -2.12. The molecule has 16 heavy (non-hydrogen) atoms. The van der Waals surface area contributed by atoms with Gasteiger partial charge in [-0.15, -0.1) is 0 Å². The standard InChI is InChI=1S/C11H13N3O2/c1-7(11(15)16)3-9-5-12-10-4-8(2)13-14(10)6-9/h4-7H,3H2,1-2H3,(H,15,16). The minimum absolute atomic E-state index is 0.407. The van der Waals surface area contributed by atoms with Crippen molar-refractivity contribution >= 4 is 11.6 Å². The van der Waals surface area contributed by atoms with Gasteiger partial charge in [0.25, 0.3) is 0 Å². The third-order valence-corrected chi connectivity index (χ3v) is 2.45. The predicted molar refractivity (Wildman–Crippen MR) is 58.2 cm³/mol. The van der Waals surface area contributed by atoms with Gasteiger partial charge in [-0.2, -0.15) is 5.10 Å². The lowest BCUT2D eigenvalue weighted by molar-refractivity contribution is -0.141. The molecule has 2 heterocycles. The van der Waals surface area contributed by atoms with Crippen LogP contribution in [0.5, 0.6) is 0 Å². The van der Waals surface area contributed by atoms with Crippen molar-refractivity contribution in [3.05, 3.63) is 29.7 Å². The van der Waals surface area contributed by atoms with E-state index in [1.54, 1.807) is 17.6 Å². The molecule has 5 nitrogen and oxygen atoms in total.